The van der Waals surface area contributed by atoms with Gasteiger partial charge in [0.25, 0.3) is 0 Å². The lowest BCUT2D eigenvalue weighted by Crippen LogP contribution is -2.18. The van der Waals surface area contributed by atoms with E-state index in [2.05, 4.69) is 11.0 Å². The average Bonchev–Trinajstić information content (AvgIpc) is 3.00. The molecule has 1 fully saturated rings. The maximum atomic E-state index is 9.10. The van der Waals surface area contributed by atoms with Gasteiger partial charge in [-0.3, -0.25) is 4.90 Å². The van der Waals surface area contributed by atoms with Gasteiger partial charge in [-0.05, 0) is 44.1 Å². The number of aliphatic carboxylic acids is 2. The summed E-state index contributed by atoms with van der Waals surface area (Å²) in [6.45, 7) is 3.35. The van der Waals surface area contributed by atoms with Crippen molar-refractivity contribution in [2.75, 3.05) is 27.3 Å². The number of hydrogen-bond donors (Lipinski definition) is 2. The van der Waals surface area contributed by atoms with Gasteiger partial charge in [0.1, 0.15) is 11.5 Å². The molecule has 1 aliphatic rings. The molecule has 0 unspecified atom stereocenters. The molecule has 2 rings (SSSR count). The molecule has 1 aromatic carbocycles. The minimum Gasteiger partial charge on any atom is -0.497 e. The SMILES string of the molecule is COc1ccc(OC)c(CN2CCCC2)c1.O=C(O)C(=O)O. The fraction of sp³-hybridized carbons (Fsp3) is 0.467. The van der Waals surface area contributed by atoms with Crippen LogP contribution in [0.2, 0.25) is 0 Å². The van der Waals surface area contributed by atoms with Gasteiger partial charge >= 0.3 is 11.9 Å². The molecule has 0 radical (unpaired) electrons. The van der Waals surface area contributed by atoms with Crippen LogP contribution >= 0.6 is 0 Å². The molecule has 7 heteroatoms. The molecule has 0 aromatic heterocycles. The molecule has 1 aromatic rings. The van der Waals surface area contributed by atoms with Crippen LogP contribution < -0.4 is 9.47 Å². The van der Waals surface area contributed by atoms with Crippen molar-refractivity contribution in [1.29, 1.82) is 0 Å². The van der Waals surface area contributed by atoms with E-state index in [1.165, 1.54) is 31.5 Å². The molecule has 0 bridgehead atoms. The van der Waals surface area contributed by atoms with Gasteiger partial charge in [0.2, 0.25) is 0 Å². The first-order valence-electron chi connectivity index (χ1n) is 6.87. The zero-order chi connectivity index (χ0) is 16.5. The average molecular weight is 311 g/mol. The number of ether oxygens (including phenoxy) is 2. The highest BCUT2D eigenvalue weighted by Gasteiger charge is 2.14. The van der Waals surface area contributed by atoms with E-state index in [9.17, 15) is 0 Å². The number of carbonyl (C=O) groups is 2. The van der Waals surface area contributed by atoms with Crippen LogP contribution in [0, 0.1) is 0 Å². The highest BCUT2D eigenvalue weighted by atomic mass is 16.5. The van der Waals surface area contributed by atoms with E-state index < -0.39 is 11.9 Å². The summed E-state index contributed by atoms with van der Waals surface area (Å²) in [5, 5.41) is 14.8. The quantitative estimate of drug-likeness (QED) is 0.812. The third-order valence-corrected chi connectivity index (χ3v) is 3.26. The summed E-state index contributed by atoms with van der Waals surface area (Å²) >= 11 is 0. The molecular formula is C15H21NO6. The molecule has 1 saturated heterocycles. The van der Waals surface area contributed by atoms with Gasteiger partial charge in [0.15, 0.2) is 0 Å². The third-order valence-electron chi connectivity index (χ3n) is 3.26. The minimum absolute atomic E-state index is 0.898. The summed E-state index contributed by atoms with van der Waals surface area (Å²) in [4.78, 5) is 20.7. The summed E-state index contributed by atoms with van der Waals surface area (Å²) in [6, 6.07) is 5.98. The molecule has 22 heavy (non-hydrogen) atoms. The number of likely N-dealkylation sites (tertiary alicyclic amines) is 1. The standard InChI is InChI=1S/C13H19NO2.C2H2O4/c1-15-12-5-6-13(16-2)11(9-12)10-14-7-3-4-8-14;3-1(4)2(5)6/h5-6,9H,3-4,7-8,10H2,1-2H3;(H,3,4)(H,5,6). The number of benzene rings is 1. The Balaban J connectivity index is 0.000000346. The van der Waals surface area contributed by atoms with Crippen molar-refractivity contribution in [3.05, 3.63) is 23.8 Å². The van der Waals surface area contributed by atoms with E-state index in [1.807, 2.05) is 12.1 Å². The van der Waals surface area contributed by atoms with Crippen molar-refractivity contribution in [3.8, 4) is 11.5 Å². The van der Waals surface area contributed by atoms with Crippen LogP contribution in [0.3, 0.4) is 0 Å². The van der Waals surface area contributed by atoms with Gasteiger partial charge in [0.05, 0.1) is 14.2 Å². The molecule has 7 nitrogen and oxygen atoms in total. The van der Waals surface area contributed by atoms with Crippen molar-refractivity contribution in [1.82, 2.24) is 4.90 Å². The van der Waals surface area contributed by atoms with Gasteiger partial charge in [-0.15, -0.1) is 0 Å². The van der Waals surface area contributed by atoms with E-state index >= 15 is 0 Å². The Morgan fingerprint density at radius 1 is 1.09 bits per heavy atom. The number of rotatable bonds is 4. The number of carboxylic acids is 2. The predicted octanol–water partition coefficient (Wildman–Crippen LogP) is 1.46. The third kappa shape index (κ3) is 5.61. The van der Waals surface area contributed by atoms with Gasteiger partial charge in [-0.1, -0.05) is 0 Å². The van der Waals surface area contributed by atoms with Crippen LogP contribution in [-0.2, 0) is 16.1 Å². The molecule has 1 aliphatic heterocycles. The van der Waals surface area contributed by atoms with E-state index in [1.54, 1.807) is 14.2 Å². The van der Waals surface area contributed by atoms with Crippen LogP contribution in [0.15, 0.2) is 18.2 Å². The molecule has 0 atom stereocenters. The van der Waals surface area contributed by atoms with Crippen LogP contribution in [0.4, 0.5) is 0 Å². The highest BCUT2D eigenvalue weighted by molar-refractivity contribution is 6.27. The number of nitrogens with zero attached hydrogens (tertiary/aromatic N) is 1. The van der Waals surface area contributed by atoms with E-state index in [0.717, 1.165) is 18.0 Å². The first-order valence-corrected chi connectivity index (χ1v) is 6.87. The monoisotopic (exact) mass is 311 g/mol. The van der Waals surface area contributed by atoms with Gasteiger partial charge in [-0.2, -0.15) is 0 Å². The lowest BCUT2D eigenvalue weighted by atomic mass is 10.2. The molecule has 0 amide bonds. The van der Waals surface area contributed by atoms with Crippen molar-refractivity contribution in [3.63, 3.8) is 0 Å². The van der Waals surface area contributed by atoms with Crippen LogP contribution in [0.5, 0.6) is 11.5 Å². The molecule has 122 valence electrons. The molecular weight excluding hydrogens is 290 g/mol. The van der Waals surface area contributed by atoms with Gasteiger partial charge in [-0.25, -0.2) is 9.59 Å². The Morgan fingerprint density at radius 2 is 1.68 bits per heavy atom. The van der Waals surface area contributed by atoms with Crippen molar-refractivity contribution in [2.45, 2.75) is 19.4 Å². The molecule has 0 saturated carbocycles. The maximum Gasteiger partial charge on any atom is 0.414 e. The lowest BCUT2D eigenvalue weighted by molar-refractivity contribution is -0.159. The summed E-state index contributed by atoms with van der Waals surface area (Å²) in [7, 11) is 3.41. The fourth-order valence-electron chi connectivity index (χ4n) is 2.19. The number of hydrogen-bond acceptors (Lipinski definition) is 5. The first kappa shape index (κ1) is 17.8. The highest BCUT2D eigenvalue weighted by Crippen LogP contribution is 2.26. The summed E-state index contributed by atoms with van der Waals surface area (Å²) in [5.41, 5.74) is 1.21. The Labute approximate surface area is 129 Å². The van der Waals surface area contributed by atoms with Gasteiger partial charge < -0.3 is 19.7 Å². The molecule has 2 N–H and O–H groups in total. The minimum atomic E-state index is -1.82. The van der Waals surface area contributed by atoms with E-state index in [0.29, 0.717) is 0 Å². The predicted molar refractivity (Wildman–Crippen MR) is 79.3 cm³/mol. The maximum absolute atomic E-state index is 9.10. The van der Waals surface area contributed by atoms with Gasteiger partial charge in [0, 0.05) is 12.1 Å². The van der Waals surface area contributed by atoms with Crippen molar-refractivity contribution >= 4 is 11.9 Å². The van der Waals surface area contributed by atoms with Crippen LogP contribution in [0.1, 0.15) is 18.4 Å². The second-order valence-electron chi connectivity index (χ2n) is 4.77. The fourth-order valence-corrected chi connectivity index (χ4v) is 2.19. The largest absolute Gasteiger partial charge is 0.497 e. The van der Waals surface area contributed by atoms with Crippen molar-refractivity contribution < 1.29 is 29.3 Å². The zero-order valence-electron chi connectivity index (χ0n) is 12.7. The number of carboxylic acid groups (broad SMARTS) is 2. The molecule has 0 aliphatic carbocycles. The molecule has 0 spiro atoms. The zero-order valence-corrected chi connectivity index (χ0v) is 12.7. The van der Waals surface area contributed by atoms with Crippen LogP contribution in [-0.4, -0.2) is 54.4 Å². The smallest absolute Gasteiger partial charge is 0.414 e. The second kappa shape index (κ2) is 8.89. The first-order chi connectivity index (χ1) is 10.5. The Kier molecular flexibility index (Phi) is 7.18. The topological polar surface area (TPSA) is 96.3 Å². The van der Waals surface area contributed by atoms with E-state index in [-0.39, 0.29) is 0 Å². The lowest BCUT2D eigenvalue weighted by Gasteiger charge is -2.17. The molecule has 1 heterocycles. The van der Waals surface area contributed by atoms with Crippen LogP contribution in [0.25, 0.3) is 0 Å². The Hall–Kier alpha value is -2.28. The second-order valence-corrected chi connectivity index (χ2v) is 4.77. The summed E-state index contributed by atoms with van der Waals surface area (Å²) < 4.78 is 10.6. The Bertz CT molecular complexity index is 499. The summed E-state index contributed by atoms with van der Waals surface area (Å²) in [6.07, 6.45) is 2.62. The number of methoxy groups -OCH3 is 2. The normalized spacial score (nSPS) is 13.9. The summed E-state index contributed by atoms with van der Waals surface area (Å²) in [5.74, 6) is -1.80. The van der Waals surface area contributed by atoms with E-state index in [4.69, 9.17) is 29.3 Å². The Morgan fingerprint density at radius 3 is 2.14 bits per heavy atom. The van der Waals surface area contributed by atoms with Crippen molar-refractivity contribution in [2.24, 2.45) is 0 Å².